The summed E-state index contributed by atoms with van der Waals surface area (Å²) < 4.78 is 3.55. The highest BCUT2D eigenvalue weighted by atomic mass is 32.1. The zero-order valence-electron chi connectivity index (χ0n) is 75.4. The molecule has 22 aromatic rings. The number of nitrogens with zero attached hydrogens (tertiary/aromatic N) is 3. The van der Waals surface area contributed by atoms with Crippen LogP contribution < -0.4 is 10.4 Å². The van der Waals surface area contributed by atoms with Crippen molar-refractivity contribution in [2.75, 3.05) is 0 Å². The van der Waals surface area contributed by atoms with E-state index < -0.39 is 8.07 Å². The molecule has 626 valence electrons. The summed E-state index contributed by atoms with van der Waals surface area (Å²) in [5.41, 5.74) is 40.4. The molecule has 4 heterocycles. The quantitative estimate of drug-likeness (QED) is 0.118. The van der Waals surface area contributed by atoms with Gasteiger partial charge in [-0.2, -0.15) is 0 Å². The first-order valence-electron chi connectivity index (χ1n) is 46.7. The molecule has 3 aliphatic carbocycles. The number of aromatic nitrogens is 3. The van der Waals surface area contributed by atoms with E-state index in [1.54, 1.807) is 21.7 Å². The molecule has 0 bridgehead atoms. The molecule has 5 heteroatoms. The Morgan fingerprint density at radius 2 is 0.611 bits per heavy atom. The topological polar surface area (TPSA) is 30.7 Å². The number of fused-ring (bicyclic) bond motifs is 22. The molecular weight excluding hydrogens is 1620 g/mol. The lowest BCUT2D eigenvalue weighted by Gasteiger charge is -2.24. The van der Waals surface area contributed by atoms with E-state index in [2.05, 4.69) is 443 Å². The van der Waals surface area contributed by atoms with Crippen molar-refractivity contribution in [2.24, 2.45) is 0 Å². The van der Waals surface area contributed by atoms with E-state index in [9.17, 15) is 0 Å². The summed E-state index contributed by atoms with van der Waals surface area (Å²) >= 11 is 1.78. The number of aryl methyl sites for hydroxylation is 3. The van der Waals surface area contributed by atoms with E-state index in [1.165, 1.54) is 244 Å². The maximum atomic E-state index is 5.34. The fourth-order valence-corrected chi connectivity index (χ4v) is 31.0. The average Bonchev–Trinajstić information content (AvgIpc) is 1.60. The Bertz CT molecular complexity index is 8580. The summed E-state index contributed by atoms with van der Waals surface area (Å²) in [7, 11) is -1.65. The van der Waals surface area contributed by atoms with Crippen LogP contribution in [0.5, 0.6) is 0 Å². The van der Waals surface area contributed by atoms with Crippen molar-refractivity contribution in [1.82, 2.24) is 14.5 Å². The molecule has 1 saturated heterocycles. The number of para-hydroxylation sites is 4. The Labute approximate surface area is 770 Å². The Kier molecular flexibility index (Phi) is 17.9. The standard InChI is InChI=1S/C46H38Si.C43H32N2.C37H27NS/c1-29-18-21-37-39(26-29)45(31-19-22-33-32-12-6-8-16-40(32)46(2,3)41(33)28-31)36-15-5-4-14-35(36)44(37)30-20-23-43-38(27-30)34-13-7-9-17-42(34)47(43)24-10-11-25-47;1-27-21-23-34-35(25-27)40(28-22-24-31-30-15-9-10-18-36(30)43(2,3)37(31)26-28)32-16-7-8-17-33(32)41(34)42-44-38-19-11-12-20-39(38)45(42)29-13-5-4-6-14-29;1-22-16-18-28-29(20-22)34(23-17-19-25-24-10-6-7-13-30(24)37(2,3)31(25)21-23)26-11-4-5-12-27(26)35(28)36-38-32-14-8-9-15-33(32)39-36/h4-9,12-23,26-28H,10-11,24-25H2,1-3H3;4-26H,1-3H3;4-21H,1-3H3. The predicted molar refractivity (Wildman–Crippen MR) is 561 cm³/mol. The summed E-state index contributed by atoms with van der Waals surface area (Å²) in [6.45, 7) is 20.8. The van der Waals surface area contributed by atoms with Crippen molar-refractivity contribution in [3.8, 4) is 117 Å². The number of rotatable bonds is 7. The molecule has 131 heavy (non-hydrogen) atoms. The minimum atomic E-state index is -1.65. The second-order valence-corrected chi connectivity index (χ2v) is 44.3. The van der Waals surface area contributed by atoms with Crippen molar-refractivity contribution in [2.45, 2.75) is 103 Å². The van der Waals surface area contributed by atoms with Gasteiger partial charge in [0.1, 0.15) is 18.9 Å². The molecule has 27 rings (SSSR count). The van der Waals surface area contributed by atoms with Crippen LogP contribution in [0.15, 0.2) is 376 Å². The molecule has 5 aliphatic rings. The van der Waals surface area contributed by atoms with Crippen molar-refractivity contribution < 1.29 is 0 Å². The van der Waals surface area contributed by atoms with Gasteiger partial charge >= 0.3 is 0 Å². The molecule has 0 atom stereocenters. The monoisotopic (exact) mass is 1710 g/mol. The van der Waals surface area contributed by atoms with Crippen LogP contribution in [0.4, 0.5) is 0 Å². The molecule has 3 nitrogen and oxygen atoms in total. The number of thiazole rings is 1. The maximum Gasteiger partial charge on any atom is 0.146 e. The van der Waals surface area contributed by atoms with Crippen LogP contribution in [-0.2, 0) is 16.2 Å². The third kappa shape index (κ3) is 12.0. The third-order valence-electron chi connectivity index (χ3n) is 30.5. The molecule has 0 radical (unpaired) electrons. The summed E-state index contributed by atoms with van der Waals surface area (Å²) in [6.07, 6.45) is 2.76. The highest BCUT2D eigenvalue weighted by Gasteiger charge is 2.48. The van der Waals surface area contributed by atoms with Crippen LogP contribution >= 0.6 is 11.3 Å². The summed E-state index contributed by atoms with van der Waals surface area (Å²) in [5, 5.41) is 19.8. The van der Waals surface area contributed by atoms with Gasteiger partial charge in [-0.25, -0.2) is 9.97 Å². The zero-order chi connectivity index (χ0) is 88.1. The molecule has 0 N–H and O–H groups in total. The van der Waals surface area contributed by atoms with Crippen LogP contribution in [-0.4, -0.2) is 22.6 Å². The summed E-state index contributed by atoms with van der Waals surface area (Å²) in [6, 6.07) is 143. The number of benzene rings is 20. The Balaban J connectivity index is 0.000000106. The lowest BCUT2D eigenvalue weighted by molar-refractivity contribution is 0.660. The normalized spacial score (nSPS) is 14.6. The molecule has 2 aliphatic heterocycles. The van der Waals surface area contributed by atoms with Crippen LogP contribution in [0.3, 0.4) is 0 Å². The lowest BCUT2D eigenvalue weighted by Crippen LogP contribution is -2.52. The van der Waals surface area contributed by atoms with Gasteiger partial charge < -0.3 is 0 Å². The maximum absolute atomic E-state index is 5.34. The largest absolute Gasteiger partial charge is 0.292 e. The highest BCUT2D eigenvalue weighted by molar-refractivity contribution is 7.21. The van der Waals surface area contributed by atoms with Crippen molar-refractivity contribution in [3.63, 3.8) is 0 Å². The Morgan fingerprint density at radius 3 is 1.10 bits per heavy atom. The third-order valence-corrected chi connectivity index (χ3v) is 36.9. The number of hydrogen-bond acceptors (Lipinski definition) is 3. The second-order valence-electron chi connectivity index (χ2n) is 39.0. The van der Waals surface area contributed by atoms with Gasteiger partial charge in [0.05, 0.1) is 21.3 Å². The average molecular weight is 1710 g/mol. The molecule has 2 aromatic heterocycles. The van der Waals surface area contributed by atoms with Gasteiger partial charge in [-0.05, 0) is 291 Å². The molecule has 1 fully saturated rings. The first-order chi connectivity index (χ1) is 64.0. The van der Waals surface area contributed by atoms with E-state index in [0.29, 0.717) is 0 Å². The van der Waals surface area contributed by atoms with Gasteiger partial charge in [0.25, 0.3) is 0 Å². The fourth-order valence-electron chi connectivity index (χ4n) is 24.3. The lowest BCUT2D eigenvalue weighted by atomic mass is 9.80. The SMILES string of the molecule is Cc1ccc2c(-c3ccc4c(c3)-c3ccccc3[Si]43CCCC3)c3ccccc3c(-c3ccc4c(c3)C(C)(C)c3ccccc3-4)c2c1.Cc1ccc2c(-c3nc4ccccc4n3-c3ccccc3)c3ccccc3c(-c3ccc4c(c3)C(C)(C)c3ccccc3-4)c2c1.Cc1ccc2c(-c3nc4ccccc4s3)c3ccccc3c(-c3ccc4c(c3)C(C)(C)c3ccccc3-4)c2c1. The first-order valence-corrected chi connectivity index (χ1v) is 49.9. The molecule has 0 saturated carbocycles. The van der Waals surface area contributed by atoms with Gasteiger partial charge in [-0.3, -0.25) is 4.57 Å². The Hall–Kier alpha value is -14.5. The minimum absolute atomic E-state index is 0.0373. The van der Waals surface area contributed by atoms with Gasteiger partial charge in [0, 0.05) is 33.1 Å². The van der Waals surface area contributed by atoms with E-state index >= 15 is 0 Å². The molecule has 1 spiro atoms. The number of hydrogen-bond donors (Lipinski definition) is 0. The van der Waals surface area contributed by atoms with Gasteiger partial charge in [-0.15, -0.1) is 11.3 Å². The van der Waals surface area contributed by atoms with E-state index in [0.717, 1.165) is 33.1 Å². The summed E-state index contributed by atoms with van der Waals surface area (Å²) in [5.74, 6) is 0.963. The van der Waals surface area contributed by atoms with Gasteiger partial charge in [0.2, 0.25) is 0 Å². The van der Waals surface area contributed by atoms with Crippen LogP contribution in [0.25, 0.3) is 203 Å². The molecule has 0 unspecified atom stereocenters. The van der Waals surface area contributed by atoms with E-state index in [-0.39, 0.29) is 16.2 Å². The molecule has 0 amide bonds. The van der Waals surface area contributed by atoms with Crippen molar-refractivity contribution >= 4 is 116 Å². The van der Waals surface area contributed by atoms with Crippen LogP contribution in [0.1, 0.15) is 104 Å². The predicted octanol–water partition coefficient (Wildman–Crippen LogP) is 33.1. The Morgan fingerprint density at radius 1 is 0.260 bits per heavy atom. The van der Waals surface area contributed by atoms with Gasteiger partial charge in [0.15, 0.2) is 0 Å². The van der Waals surface area contributed by atoms with E-state index in [1.807, 2.05) is 0 Å². The molecule has 20 aromatic carbocycles. The second kappa shape index (κ2) is 29.8. The highest BCUT2D eigenvalue weighted by Crippen LogP contribution is 2.57. The molecular formula is C126H97N3SSi. The van der Waals surface area contributed by atoms with Crippen molar-refractivity contribution in [3.05, 3.63) is 426 Å². The van der Waals surface area contributed by atoms with Crippen LogP contribution in [0, 0.1) is 20.8 Å². The first kappa shape index (κ1) is 78.8. The minimum Gasteiger partial charge on any atom is -0.292 e. The van der Waals surface area contributed by atoms with Gasteiger partial charge in [-0.1, -0.05) is 387 Å². The van der Waals surface area contributed by atoms with E-state index in [4.69, 9.17) is 9.97 Å². The number of imidazole rings is 1. The fraction of sp³-hybridized carbons (Fsp3) is 0.127. The van der Waals surface area contributed by atoms with Crippen molar-refractivity contribution in [1.29, 1.82) is 0 Å². The van der Waals surface area contributed by atoms with Crippen LogP contribution in [0.2, 0.25) is 12.1 Å². The summed E-state index contributed by atoms with van der Waals surface area (Å²) in [4.78, 5) is 10.5. The zero-order valence-corrected chi connectivity index (χ0v) is 77.2. The smallest absolute Gasteiger partial charge is 0.146 e.